The number of rotatable bonds is 1. The van der Waals surface area contributed by atoms with E-state index < -0.39 is 5.60 Å². The fourth-order valence-electron chi connectivity index (χ4n) is 0.874. The molecule has 1 rings (SSSR count). The molecule has 0 aromatic rings. The fourth-order valence-corrected chi connectivity index (χ4v) is 1.35. The van der Waals surface area contributed by atoms with Gasteiger partial charge in [-0.05, 0) is 0 Å². The summed E-state index contributed by atoms with van der Waals surface area (Å²) < 4.78 is 0. The minimum atomic E-state index is -1.43. The first-order valence-electron chi connectivity index (χ1n) is 2.96. The monoisotopic (exact) mass is 192 g/mol. The van der Waals surface area contributed by atoms with E-state index in [1.165, 1.54) is 6.08 Å². The average Bonchev–Trinajstić information content (AvgIpc) is 2.17. The summed E-state index contributed by atoms with van der Waals surface area (Å²) in [5.41, 5.74) is -1.43. The van der Waals surface area contributed by atoms with Gasteiger partial charge in [0.25, 0.3) is 0 Å². The van der Waals surface area contributed by atoms with Gasteiger partial charge in [0, 0.05) is 6.42 Å². The van der Waals surface area contributed by atoms with Crippen LogP contribution in [0.2, 0.25) is 0 Å². The molecule has 1 aliphatic rings. The van der Waals surface area contributed by atoms with Crippen LogP contribution in [-0.4, -0.2) is 16.5 Å². The smallest absolute Gasteiger partial charge is 0.179 e. The summed E-state index contributed by atoms with van der Waals surface area (Å²) in [6.45, 7) is 3.35. The SMILES string of the molecule is C=CC1(O)CC(=O)C(Cl)=C1Cl. The molecule has 1 aliphatic carbocycles. The van der Waals surface area contributed by atoms with Crippen molar-refractivity contribution >= 4 is 29.0 Å². The third-order valence-corrected chi connectivity index (χ3v) is 2.60. The summed E-state index contributed by atoms with van der Waals surface area (Å²) in [5.74, 6) is -0.348. The first kappa shape index (κ1) is 8.78. The van der Waals surface area contributed by atoms with E-state index in [2.05, 4.69) is 6.58 Å². The van der Waals surface area contributed by atoms with Crippen LogP contribution in [-0.2, 0) is 4.79 Å². The molecule has 1 atom stereocenters. The van der Waals surface area contributed by atoms with Crippen LogP contribution in [0.5, 0.6) is 0 Å². The normalized spacial score (nSPS) is 31.4. The molecule has 0 radical (unpaired) electrons. The van der Waals surface area contributed by atoms with Crippen molar-refractivity contribution in [3.05, 3.63) is 22.7 Å². The van der Waals surface area contributed by atoms with Crippen LogP contribution in [0.25, 0.3) is 0 Å². The van der Waals surface area contributed by atoms with Gasteiger partial charge < -0.3 is 5.11 Å². The Bertz CT molecular complexity index is 257. The largest absolute Gasteiger partial charge is 0.380 e. The average molecular weight is 193 g/mol. The quantitative estimate of drug-likeness (QED) is 0.641. The molecular formula is C7H6Cl2O2. The minimum Gasteiger partial charge on any atom is -0.380 e. The van der Waals surface area contributed by atoms with Crippen molar-refractivity contribution in [2.45, 2.75) is 12.0 Å². The molecule has 0 amide bonds. The maximum absolute atomic E-state index is 10.9. The number of carbonyl (C=O) groups excluding carboxylic acids is 1. The van der Waals surface area contributed by atoms with Gasteiger partial charge in [0.15, 0.2) is 5.78 Å². The Balaban J connectivity index is 3.12. The van der Waals surface area contributed by atoms with E-state index in [0.717, 1.165) is 0 Å². The summed E-state index contributed by atoms with van der Waals surface area (Å²) in [7, 11) is 0. The Kier molecular flexibility index (Phi) is 2.10. The number of carbonyl (C=O) groups is 1. The van der Waals surface area contributed by atoms with Crippen LogP contribution >= 0.6 is 23.2 Å². The standard InChI is InChI=1S/C7H6Cl2O2/c1-2-7(11)3-4(10)5(8)6(7)9/h2,11H,1,3H2. The van der Waals surface area contributed by atoms with Gasteiger partial charge in [-0.1, -0.05) is 35.9 Å². The van der Waals surface area contributed by atoms with Crippen LogP contribution < -0.4 is 0 Å². The van der Waals surface area contributed by atoms with Crippen LogP contribution in [0.1, 0.15) is 6.42 Å². The molecule has 0 heterocycles. The summed E-state index contributed by atoms with van der Waals surface area (Å²) in [5, 5.41) is 9.38. The molecule has 60 valence electrons. The number of allylic oxidation sites excluding steroid dienone is 1. The number of halogens is 2. The van der Waals surface area contributed by atoms with Crippen LogP contribution in [0.3, 0.4) is 0 Å². The number of Topliss-reactive ketones (excluding diaryl/α,β-unsaturated/α-hetero) is 1. The predicted octanol–water partition coefficient (Wildman–Crippen LogP) is 1.57. The Morgan fingerprint density at radius 1 is 1.64 bits per heavy atom. The Morgan fingerprint density at radius 3 is 2.36 bits per heavy atom. The van der Waals surface area contributed by atoms with E-state index in [-0.39, 0.29) is 22.3 Å². The van der Waals surface area contributed by atoms with Gasteiger partial charge in [-0.3, -0.25) is 4.79 Å². The lowest BCUT2D eigenvalue weighted by atomic mass is 10.0. The Hall–Kier alpha value is -0.310. The molecule has 0 bridgehead atoms. The number of aliphatic hydroxyl groups is 1. The van der Waals surface area contributed by atoms with Crippen LogP contribution in [0.15, 0.2) is 22.7 Å². The van der Waals surface area contributed by atoms with E-state index in [4.69, 9.17) is 23.2 Å². The van der Waals surface area contributed by atoms with Crippen molar-refractivity contribution in [2.24, 2.45) is 0 Å². The minimum absolute atomic E-state index is 0.0285. The third-order valence-electron chi connectivity index (χ3n) is 1.59. The summed E-state index contributed by atoms with van der Waals surface area (Å²) >= 11 is 11.0. The Morgan fingerprint density at radius 2 is 2.18 bits per heavy atom. The van der Waals surface area contributed by atoms with Gasteiger partial charge in [0.2, 0.25) is 0 Å². The Labute approximate surface area is 74.1 Å². The third kappa shape index (κ3) is 1.22. The summed E-state index contributed by atoms with van der Waals surface area (Å²) in [6, 6.07) is 0. The topological polar surface area (TPSA) is 37.3 Å². The molecule has 0 aliphatic heterocycles. The van der Waals surface area contributed by atoms with Crippen LogP contribution in [0.4, 0.5) is 0 Å². The maximum atomic E-state index is 10.9. The highest BCUT2D eigenvalue weighted by Crippen LogP contribution is 2.38. The van der Waals surface area contributed by atoms with Crippen molar-refractivity contribution in [2.75, 3.05) is 0 Å². The second kappa shape index (κ2) is 2.63. The zero-order valence-corrected chi connectivity index (χ0v) is 7.11. The second-order valence-corrected chi connectivity index (χ2v) is 3.11. The molecular weight excluding hydrogens is 187 g/mol. The van der Waals surface area contributed by atoms with E-state index in [0.29, 0.717) is 0 Å². The number of ketones is 1. The van der Waals surface area contributed by atoms with Crippen molar-refractivity contribution < 1.29 is 9.90 Å². The van der Waals surface area contributed by atoms with Crippen molar-refractivity contribution in [1.29, 1.82) is 0 Å². The molecule has 0 saturated heterocycles. The molecule has 0 fully saturated rings. The number of hydrogen-bond donors (Lipinski definition) is 1. The summed E-state index contributed by atoms with van der Waals surface area (Å²) in [6.07, 6.45) is 1.11. The van der Waals surface area contributed by atoms with Gasteiger partial charge in [-0.25, -0.2) is 0 Å². The molecule has 4 heteroatoms. The molecule has 0 aromatic carbocycles. The number of hydrogen-bond acceptors (Lipinski definition) is 2. The molecule has 0 aromatic heterocycles. The maximum Gasteiger partial charge on any atom is 0.179 e. The lowest BCUT2D eigenvalue weighted by Crippen LogP contribution is -2.23. The molecule has 11 heavy (non-hydrogen) atoms. The molecule has 2 nitrogen and oxygen atoms in total. The lowest BCUT2D eigenvalue weighted by Gasteiger charge is -2.15. The molecule has 1 N–H and O–H groups in total. The van der Waals surface area contributed by atoms with E-state index in [1.807, 2.05) is 0 Å². The first-order chi connectivity index (χ1) is 5.01. The van der Waals surface area contributed by atoms with Gasteiger partial charge in [0.05, 0.1) is 5.03 Å². The molecule has 0 saturated carbocycles. The van der Waals surface area contributed by atoms with Crippen LogP contribution in [0, 0.1) is 0 Å². The second-order valence-electron chi connectivity index (χ2n) is 2.36. The van der Waals surface area contributed by atoms with Crippen molar-refractivity contribution in [3.8, 4) is 0 Å². The van der Waals surface area contributed by atoms with Gasteiger partial charge >= 0.3 is 0 Å². The van der Waals surface area contributed by atoms with Crippen molar-refractivity contribution in [1.82, 2.24) is 0 Å². The highest BCUT2D eigenvalue weighted by molar-refractivity contribution is 6.50. The molecule has 1 unspecified atom stereocenters. The summed E-state index contributed by atoms with van der Waals surface area (Å²) in [4.78, 5) is 10.9. The van der Waals surface area contributed by atoms with E-state index >= 15 is 0 Å². The predicted molar refractivity (Wildman–Crippen MR) is 43.5 cm³/mol. The van der Waals surface area contributed by atoms with Gasteiger partial charge in [0.1, 0.15) is 10.6 Å². The van der Waals surface area contributed by atoms with Crippen molar-refractivity contribution in [3.63, 3.8) is 0 Å². The van der Waals surface area contributed by atoms with Gasteiger partial charge in [-0.2, -0.15) is 0 Å². The van der Waals surface area contributed by atoms with E-state index in [1.54, 1.807) is 0 Å². The first-order valence-corrected chi connectivity index (χ1v) is 3.72. The fraction of sp³-hybridized carbons (Fsp3) is 0.286. The zero-order chi connectivity index (χ0) is 8.65. The molecule has 0 spiro atoms. The highest BCUT2D eigenvalue weighted by atomic mass is 35.5. The highest BCUT2D eigenvalue weighted by Gasteiger charge is 2.40. The zero-order valence-electron chi connectivity index (χ0n) is 5.60. The van der Waals surface area contributed by atoms with E-state index in [9.17, 15) is 9.90 Å². The lowest BCUT2D eigenvalue weighted by molar-refractivity contribution is -0.116. The van der Waals surface area contributed by atoms with Gasteiger partial charge in [-0.15, -0.1) is 0 Å².